The third-order valence-electron chi connectivity index (χ3n) is 3.93. The van der Waals surface area contributed by atoms with E-state index in [1.807, 2.05) is 55.5 Å². The Kier molecular flexibility index (Phi) is 5.02. The molecule has 0 spiro atoms. The molecular weight excluding hydrogens is 296 g/mol. The topological polar surface area (TPSA) is 42.0 Å². The lowest BCUT2D eigenvalue weighted by molar-refractivity contribution is -0.116. The highest BCUT2D eigenvalue weighted by Crippen LogP contribution is 2.22. The van der Waals surface area contributed by atoms with E-state index in [0.29, 0.717) is 12.2 Å². The van der Waals surface area contributed by atoms with Crippen molar-refractivity contribution in [2.75, 3.05) is 5.32 Å². The lowest BCUT2D eigenvalue weighted by Crippen LogP contribution is -2.14. The van der Waals surface area contributed by atoms with Gasteiger partial charge >= 0.3 is 0 Å². The summed E-state index contributed by atoms with van der Waals surface area (Å²) in [6.07, 6.45) is 2.98. The molecule has 0 unspecified atom stereocenters. The van der Waals surface area contributed by atoms with E-state index >= 15 is 0 Å². The fourth-order valence-corrected chi connectivity index (χ4v) is 2.59. The highest BCUT2D eigenvalue weighted by atomic mass is 16.1. The molecule has 0 aliphatic carbocycles. The summed E-state index contributed by atoms with van der Waals surface area (Å²) in [6.45, 7) is 1.96. The van der Waals surface area contributed by atoms with Crippen molar-refractivity contribution in [2.45, 2.75) is 19.8 Å². The zero-order chi connectivity index (χ0) is 16.8. The molecule has 120 valence electrons. The lowest BCUT2D eigenvalue weighted by atomic mass is 10.1. The van der Waals surface area contributed by atoms with E-state index in [9.17, 15) is 4.79 Å². The Bertz CT molecular complexity index is 814. The van der Waals surface area contributed by atoms with Crippen molar-refractivity contribution in [1.29, 1.82) is 0 Å². The number of rotatable bonds is 5. The van der Waals surface area contributed by atoms with E-state index in [-0.39, 0.29) is 5.91 Å². The van der Waals surface area contributed by atoms with Crippen LogP contribution in [0.25, 0.3) is 11.1 Å². The molecule has 3 rings (SSSR count). The first-order valence-electron chi connectivity index (χ1n) is 8.08. The van der Waals surface area contributed by atoms with Crippen molar-refractivity contribution in [1.82, 2.24) is 4.98 Å². The number of aryl methyl sites for hydroxylation is 2. The third-order valence-corrected chi connectivity index (χ3v) is 3.93. The molecule has 3 nitrogen and oxygen atoms in total. The normalized spacial score (nSPS) is 10.4. The van der Waals surface area contributed by atoms with Crippen molar-refractivity contribution < 1.29 is 4.79 Å². The summed E-state index contributed by atoms with van der Waals surface area (Å²) in [6, 6.07) is 22.2. The summed E-state index contributed by atoms with van der Waals surface area (Å²) in [5.74, 6) is 0.620. The van der Waals surface area contributed by atoms with Crippen LogP contribution in [-0.4, -0.2) is 10.9 Å². The van der Waals surface area contributed by atoms with Crippen LogP contribution in [0.5, 0.6) is 0 Å². The molecule has 1 heterocycles. The van der Waals surface area contributed by atoms with Crippen LogP contribution in [-0.2, 0) is 11.2 Å². The van der Waals surface area contributed by atoms with Gasteiger partial charge in [0.25, 0.3) is 0 Å². The summed E-state index contributed by atoms with van der Waals surface area (Å²) in [5, 5.41) is 2.91. The monoisotopic (exact) mass is 316 g/mol. The number of nitrogens with zero attached hydrogens (tertiary/aromatic N) is 1. The smallest absolute Gasteiger partial charge is 0.225 e. The van der Waals surface area contributed by atoms with Gasteiger partial charge in [0, 0.05) is 18.2 Å². The number of benzene rings is 2. The van der Waals surface area contributed by atoms with E-state index in [2.05, 4.69) is 28.5 Å². The van der Waals surface area contributed by atoms with E-state index < -0.39 is 0 Å². The first-order chi connectivity index (χ1) is 11.7. The Labute approximate surface area is 142 Å². The minimum atomic E-state index is -0.0121. The Hall–Kier alpha value is -2.94. The summed E-state index contributed by atoms with van der Waals surface area (Å²) in [7, 11) is 0. The SMILES string of the molecule is Cc1cc(-c2ccccc2)cnc1NC(=O)CCc1ccccc1. The van der Waals surface area contributed by atoms with Crippen LogP contribution in [0.15, 0.2) is 72.9 Å². The van der Waals surface area contributed by atoms with Crippen LogP contribution in [0.4, 0.5) is 5.82 Å². The van der Waals surface area contributed by atoms with Gasteiger partial charge in [0.05, 0.1) is 0 Å². The Morgan fingerprint density at radius 2 is 1.62 bits per heavy atom. The highest BCUT2D eigenvalue weighted by Gasteiger charge is 2.08. The van der Waals surface area contributed by atoms with Gasteiger partial charge in [0.1, 0.15) is 5.82 Å². The van der Waals surface area contributed by atoms with Gasteiger partial charge in [-0.2, -0.15) is 0 Å². The van der Waals surface area contributed by atoms with Crippen molar-refractivity contribution in [3.63, 3.8) is 0 Å². The molecule has 0 radical (unpaired) electrons. The molecule has 1 N–H and O–H groups in total. The molecule has 1 aromatic heterocycles. The number of hydrogen-bond acceptors (Lipinski definition) is 2. The highest BCUT2D eigenvalue weighted by molar-refractivity contribution is 5.90. The summed E-state index contributed by atoms with van der Waals surface area (Å²) >= 11 is 0. The molecule has 0 aliphatic rings. The number of amides is 1. The molecule has 0 fully saturated rings. The largest absolute Gasteiger partial charge is 0.310 e. The Morgan fingerprint density at radius 1 is 0.958 bits per heavy atom. The molecular formula is C21H20N2O. The lowest BCUT2D eigenvalue weighted by Gasteiger charge is -2.09. The molecule has 2 aromatic carbocycles. The van der Waals surface area contributed by atoms with E-state index in [1.165, 1.54) is 0 Å². The number of carbonyl (C=O) groups is 1. The standard InChI is InChI=1S/C21H20N2O/c1-16-14-19(18-10-6-3-7-11-18)15-22-21(16)23-20(24)13-12-17-8-4-2-5-9-17/h2-11,14-15H,12-13H2,1H3,(H,22,23,24). The predicted molar refractivity (Wildman–Crippen MR) is 97.8 cm³/mol. The van der Waals surface area contributed by atoms with Crippen molar-refractivity contribution >= 4 is 11.7 Å². The summed E-state index contributed by atoms with van der Waals surface area (Å²) in [5.41, 5.74) is 4.30. The van der Waals surface area contributed by atoms with Gasteiger partial charge in [0.15, 0.2) is 0 Å². The third kappa shape index (κ3) is 4.07. The zero-order valence-electron chi connectivity index (χ0n) is 13.7. The fourth-order valence-electron chi connectivity index (χ4n) is 2.59. The van der Waals surface area contributed by atoms with Gasteiger partial charge in [0.2, 0.25) is 5.91 Å². The van der Waals surface area contributed by atoms with Crippen LogP contribution in [0.3, 0.4) is 0 Å². The number of anilines is 1. The van der Waals surface area contributed by atoms with Gasteiger partial charge < -0.3 is 5.32 Å². The first kappa shape index (κ1) is 15.9. The first-order valence-corrected chi connectivity index (χ1v) is 8.08. The van der Waals surface area contributed by atoms with Gasteiger partial charge in [-0.05, 0) is 36.1 Å². The quantitative estimate of drug-likeness (QED) is 0.746. The summed E-state index contributed by atoms with van der Waals surface area (Å²) in [4.78, 5) is 16.6. The average Bonchev–Trinajstić information content (AvgIpc) is 2.63. The molecule has 0 saturated carbocycles. The Morgan fingerprint density at radius 3 is 2.29 bits per heavy atom. The maximum Gasteiger partial charge on any atom is 0.225 e. The molecule has 0 aliphatic heterocycles. The molecule has 1 amide bonds. The minimum Gasteiger partial charge on any atom is -0.310 e. The second kappa shape index (κ2) is 7.55. The van der Waals surface area contributed by atoms with Crippen LogP contribution in [0, 0.1) is 6.92 Å². The Balaban J connectivity index is 1.64. The predicted octanol–water partition coefficient (Wildman–Crippen LogP) is 4.63. The van der Waals surface area contributed by atoms with Crippen LogP contribution in [0.1, 0.15) is 17.5 Å². The van der Waals surface area contributed by atoms with Crippen LogP contribution < -0.4 is 5.32 Å². The number of pyridine rings is 1. The fraction of sp³-hybridized carbons (Fsp3) is 0.143. The van der Waals surface area contributed by atoms with E-state index in [4.69, 9.17) is 0 Å². The van der Waals surface area contributed by atoms with Crippen molar-refractivity contribution in [3.8, 4) is 11.1 Å². The molecule has 3 heteroatoms. The number of hydrogen-bond donors (Lipinski definition) is 1. The van der Waals surface area contributed by atoms with E-state index in [1.54, 1.807) is 6.20 Å². The maximum absolute atomic E-state index is 12.1. The molecule has 3 aromatic rings. The number of aromatic nitrogens is 1. The van der Waals surface area contributed by atoms with Crippen LogP contribution in [0.2, 0.25) is 0 Å². The second-order valence-corrected chi connectivity index (χ2v) is 5.79. The molecule has 24 heavy (non-hydrogen) atoms. The van der Waals surface area contributed by atoms with E-state index in [0.717, 1.165) is 28.7 Å². The van der Waals surface area contributed by atoms with Crippen molar-refractivity contribution in [3.05, 3.63) is 84.1 Å². The van der Waals surface area contributed by atoms with Gasteiger partial charge in [-0.1, -0.05) is 60.7 Å². The average molecular weight is 316 g/mol. The minimum absolute atomic E-state index is 0.0121. The zero-order valence-corrected chi connectivity index (χ0v) is 13.7. The maximum atomic E-state index is 12.1. The second-order valence-electron chi connectivity index (χ2n) is 5.79. The molecule has 0 bridgehead atoms. The van der Waals surface area contributed by atoms with Gasteiger partial charge in [-0.15, -0.1) is 0 Å². The molecule has 0 saturated heterocycles. The number of carbonyl (C=O) groups excluding carboxylic acids is 1. The summed E-state index contributed by atoms with van der Waals surface area (Å²) < 4.78 is 0. The van der Waals surface area contributed by atoms with Gasteiger partial charge in [-0.25, -0.2) is 4.98 Å². The number of nitrogens with one attached hydrogen (secondary N) is 1. The van der Waals surface area contributed by atoms with Crippen molar-refractivity contribution in [2.24, 2.45) is 0 Å². The molecule has 0 atom stereocenters. The van der Waals surface area contributed by atoms with Crippen LogP contribution >= 0.6 is 0 Å². The van der Waals surface area contributed by atoms with Gasteiger partial charge in [-0.3, -0.25) is 4.79 Å².